The van der Waals surface area contributed by atoms with Crippen LogP contribution in [-0.2, 0) is 36.5 Å². The number of carbonyl (C=O) groups is 1. The molecule has 1 N–H and O–H groups in total. The van der Waals surface area contributed by atoms with Crippen molar-refractivity contribution in [1.82, 2.24) is 19.7 Å². The first-order valence-corrected chi connectivity index (χ1v) is 16.3. The quantitative estimate of drug-likeness (QED) is 0.0772. The number of benzene rings is 3. The van der Waals surface area contributed by atoms with E-state index in [-0.39, 0.29) is 5.97 Å². The van der Waals surface area contributed by atoms with E-state index in [1.54, 1.807) is 0 Å². The van der Waals surface area contributed by atoms with Crippen molar-refractivity contribution in [2.75, 3.05) is 26.8 Å². The van der Waals surface area contributed by atoms with Crippen LogP contribution in [0.5, 0.6) is 5.75 Å². The molecule has 0 bridgehead atoms. The summed E-state index contributed by atoms with van der Waals surface area (Å²) in [6.45, 7) is 6.43. The first-order chi connectivity index (χ1) is 21.0. The summed E-state index contributed by atoms with van der Waals surface area (Å²) in [5.41, 5.74) is 7.14. The van der Waals surface area contributed by atoms with E-state index in [9.17, 15) is 4.79 Å². The molecule has 5 rings (SSSR count). The fourth-order valence-corrected chi connectivity index (χ4v) is 6.58. The van der Waals surface area contributed by atoms with Gasteiger partial charge in [0.25, 0.3) is 0 Å². The summed E-state index contributed by atoms with van der Waals surface area (Å²) in [4.78, 5) is 13.7. The molecule has 0 saturated carbocycles. The number of para-hydroxylation sites is 1. The number of alkyl halides is 1. The Morgan fingerprint density at radius 1 is 1.00 bits per heavy atom. The second-order valence-electron chi connectivity index (χ2n) is 10.7. The molecule has 2 aromatic heterocycles. The maximum absolute atomic E-state index is 13.7. The number of aryl methyl sites for hydroxylation is 3. The maximum Gasteiger partial charge on any atom is 0.355 e. The fourth-order valence-electron chi connectivity index (χ4n) is 6.19. The predicted octanol–water partition coefficient (Wildman–Crippen LogP) is 7.45. The van der Waals surface area contributed by atoms with Gasteiger partial charge in [0, 0.05) is 46.5 Å². The molecule has 0 radical (unpaired) electrons. The van der Waals surface area contributed by atoms with Crippen LogP contribution in [0.4, 0.5) is 0 Å². The van der Waals surface area contributed by atoms with Crippen molar-refractivity contribution in [3.05, 3.63) is 83.3 Å². The molecule has 0 unspecified atom stereocenters. The van der Waals surface area contributed by atoms with Gasteiger partial charge in [-0.2, -0.15) is 5.10 Å². The van der Waals surface area contributed by atoms with Gasteiger partial charge in [-0.05, 0) is 63.2 Å². The summed E-state index contributed by atoms with van der Waals surface area (Å²) in [6.07, 6.45) is 3.18. The largest absolute Gasteiger partial charge is 0.493 e. The lowest BCUT2D eigenvalue weighted by molar-refractivity contribution is 0.0512. The Balaban J connectivity index is 1.59. The Morgan fingerprint density at radius 3 is 2.53 bits per heavy atom. The van der Waals surface area contributed by atoms with E-state index in [4.69, 9.17) is 14.6 Å². The number of fused-ring (bicyclic) bond motifs is 2. The highest BCUT2D eigenvalue weighted by Gasteiger charge is 2.27. The average molecular weight is 646 g/mol. The van der Waals surface area contributed by atoms with E-state index < -0.39 is 0 Å². The highest BCUT2D eigenvalue weighted by atomic mass is 79.9. The molecule has 0 aliphatic carbocycles. The minimum absolute atomic E-state index is 0.276. The molecule has 2 heterocycles. The van der Waals surface area contributed by atoms with E-state index in [2.05, 4.69) is 69.1 Å². The lowest BCUT2D eigenvalue weighted by Crippen LogP contribution is -2.17. The maximum atomic E-state index is 13.7. The number of esters is 1. The number of carbonyl (C=O) groups excluding carboxylic acids is 1. The van der Waals surface area contributed by atoms with Crippen LogP contribution in [0.15, 0.2) is 60.7 Å². The molecule has 5 aromatic rings. The molecule has 0 aliphatic rings. The summed E-state index contributed by atoms with van der Waals surface area (Å²) in [5.74, 6) is 0.605. The van der Waals surface area contributed by atoms with Crippen molar-refractivity contribution >= 4 is 43.6 Å². The Labute approximate surface area is 262 Å². The third-order valence-corrected chi connectivity index (χ3v) is 8.54. The van der Waals surface area contributed by atoms with Gasteiger partial charge in [-0.3, -0.25) is 4.68 Å². The number of hydrogen-bond acceptors (Lipinski definition) is 5. The molecule has 7 nitrogen and oxygen atoms in total. The first kappa shape index (κ1) is 30.8. The van der Waals surface area contributed by atoms with Gasteiger partial charge >= 0.3 is 5.97 Å². The fraction of sp³-hybridized carbons (Fsp3) is 0.371. The van der Waals surface area contributed by atoms with Crippen molar-refractivity contribution < 1.29 is 14.3 Å². The third kappa shape index (κ3) is 6.22. The summed E-state index contributed by atoms with van der Waals surface area (Å²) >= 11 is 3.68. The number of aromatic nitrogens is 3. The van der Waals surface area contributed by atoms with Crippen LogP contribution in [0.3, 0.4) is 0 Å². The molecule has 43 heavy (non-hydrogen) atoms. The first-order valence-electron chi connectivity index (χ1n) is 15.2. The van der Waals surface area contributed by atoms with Gasteiger partial charge in [-0.1, -0.05) is 77.5 Å². The molecule has 0 saturated heterocycles. The van der Waals surface area contributed by atoms with Crippen LogP contribution in [0.1, 0.15) is 54.1 Å². The van der Waals surface area contributed by atoms with E-state index in [0.29, 0.717) is 37.2 Å². The normalized spacial score (nSPS) is 11.5. The summed E-state index contributed by atoms with van der Waals surface area (Å²) in [5, 5.41) is 12.1. The highest BCUT2D eigenvalue weighted by molar-refractivity contribution is 9.08. The Kier molecular flexibility index (Phi) is 10.2. The Bertz CT molecular complexity index is 1720. The number of nitrogens with one attached hydrogen (secondary N) is 1. The van der Waals surface area contributed by atoms with Gasteiger partial charge in [0.2, 0.25) is 0 Å². The average Bonchev–Trinajstić information content (AvgIpc) is 3.53. The molecule has 0 atom stereocenters. The second-order valence-corrected chi connectivity index (χ2v) is 11.2. The smallest absolute Gasteiger partial charge is 0.355 e. The summed E-state index contributed by atoms with van der Waals surface area (Å²) < 4.78 is 16.2. The van der Waals surface area contributed by atoms with Crippen molar-refractivity contribution in [3.63, 3.8) is 0 Å². The lowest BCUT2D eigenvalue weighted by atomic mass is 9.97. The van der Waals surface area contributed by atoms with Gasteiger partial charge in [-0.15, -0.1) is 0 Å². The Morgan fingerprint density at radius 2 is 1.77 bits per heavy atom. The molecule has 0 aliphatic heterocycles. The molecular formula is C35H41BrN4O3. The molecule has 0 fully saturated rings. The minimum atomic E-state index is -0.276. The standard InChI is InChI=1S/C35H41BrN4O3/c1-5-30-32(29(23-36)38-39(30)4)28-17-10-16-26-27(34(35(41)42-6-2)40(33(26)28)21-12-20-37-3)18-11-22-43-31-19-9-14-24-13-7-8-15-25(24)31/h7-10,13-17,19,37H,5-6,11-12,18,20-23H2,1-4H3. The number of rotatable bonds is 14. The third-order valence-electron chi connectivity index (χ3n) is 8.01. The van der Waals surface area contributed by atoms with Gasteiger partial charge in [0.15, 0.2) is 0 Å². The number of ether oxygens (including phenoxy) is 2. The SMILES string of the molecule is CCOC(=O)c1c(CCCOc2cccc3ccccc23)c2cccc(-c3c(CBr)nn(C)c3CC)c2n1CCCNC. The zero-order valence-corrected chi connectivity index (χ0v) is 27.2. The van der Waals surface area contributed by atoms with Crippen LogP contribution >= 0.6 is 15.9 Å². The van der Waals surface area contributed by atoms with Crippen molar-refractivity contribution in [3.8, 4) is 16.9 Å². The zero-order chi connectivity index (χ0) is 30.3. The molecular weight excluding hydrogens is 604 g/mol. The van der Waals surface area contributed by atoms with E-state index in [0.717, 1.165) is 75.6 Å². The van der Waals surface area contributed by atoms with E-state index in [1.165, 1.54) is 5.69 Å². The van der Waals surface area contributed by atoms with E-state index >= 15 is 0 Å². The van der Waals surface area contributed by atoms with Gasteiger partial charge < -0.3 is 19.4 Å². The molecule has 0 amide bonds. The summed E-state index contributed by atoms with van der Waals surface area (Å²) in [6, 6.07) is 20.8. The van der Waals surface area contributed by atoms with Crippen molar-refractivity contribution in [1.29, 1.82) is 0 Å². The van der Waals surface area contributed by atoms with Crippen LogP contribution in [-0.4, -0.2) is 47.1 Å². The second kappa shape index (κ2) is 14.2. The van der Waals surface area contributed by atoms with Gasteiger partial charge in [0.1, 0.15) is 11.4 Å². The van der Waals surface area contributed by atoms with Crippen molar-refractivity contribution in [2.45, 2.75) is 51.4 Å². The summed E-state index contributed by atoms with van der Waals surface area (Å²) in [7, 11) is 3.96. The monoisotopic (exact) mass is 644 g/mol. The van der Waals surface area contributed by atoms with Crippen molar-refractivity contribution in [2.24, 2.45) is 7.05 Å². The van der Waals surface area contributed by atoms with Crippen LogP contribution in [0.25, 0.3) is 32.8 Å². The molecule has 226 valence electrons. The number of halogens is 1. The predicted molar refractivity (Wildman–Crippen MR) is 178 cm³/mol. The number of nitrogens with zero attached hydrogens (tertiary/aromatic N) is 3. The topological polar surface area (TPSA) is 70.3 Å². The van der Waals surface area contributed by atoms with E-state index in [1.807, 2.05) is 50.0 Å². The number of hydrogen-bond donors (Lipinski definition) is 1. The molecule has 8 heteroatoms. The molecule has 3 aromatic carbocycles. The van der Waals surface area contributed by atoms with Crippen LogP contribution in [0.2, 0.25) is 0 Å². The highest BCUT2D eigenvalue weighted by Crippen LogP contribution is 2.39. The van der Waals surface area contributed by atoms with Gasteiger partial charge in [-0.25, -0.2) is 4.79 Å². The Hall–Kier alpha value is -3.62. The van der Waals surface area contributed by atoms with Crippen LogP contribution in [0, 0.1) is 0 Å². The minimum Gasteiger partial charge on any atom is -0.493 e. The zero-order valence-electron chi connectivity index (χ0n) is 25.6. The van der Waals surface area contributed by atoms with Gasteiger partial charge in [0.05, 0.1) is 24.4 Å². The van der Waals surface area contributed by atoms with Crippen LogP contribution < -0.4 is 10.1 Å². The molecule has 0 spiro atoms. The lowest BCUT2D eigenvalue weighted by Gasteiger charge is -2.14.